The molecule has 1 aromatic heterocycles. The average molecular weight is 285 g/mol. The molecule has 2 nitrogen and oxygen atoms in total. The lowest BCUT2D eigenvalue weighted by molar-refractivity contribution is 0.361. The van der Waals surface area contributed by atoms with Gasteiger partial charge in [-0.25, -0.2) is 0 Å². The van der Waals surface area contributed by atoms with Gasteiger partial charge in [0.05, 0.1) is 0 Å². The minimum Gasteiger partial charge on any atom is -0.461 e. The molecule has 0 bridgehead atoms. The maximum atomic E-state index is 6.11. The predicted molar refractivity (Wildman–Crippen MR) is 88.5 cm³/mol. The Labute approximate surface area is 127 Å². The molecule has 1 heterocycles. The van der Waals surface area contributed by atoms with Gasteiger partial charge in [-0.1, -0.05) is 44.4 Å². The number of nitrogens with one attached hydrogen (secondary N) is 1. The predicted octanol–water partition coefficient (Wildman–Crippen LogP) is 5.20. The fourth-order valence-electron chi connectivity index (χ4n) is 3.52. The lowest BCUT2D eigenvalue weighted by Gasteiger charge is -2.25. The van der Waals surface area contributed by atoms with Gasteiger partial charge < -0.3 is 9.73 Å². The van der Waals surface area contributed by atoms with E-state index in [1.165, 1.54) is 55.2 Å². The van der Waals surface area contributed by atoms with Crippen LogP contribution in [-0.2, 0) is 13.0 Å². The molecule has 0 saturated heterocycles. The van der Waals surface area contributed by atoms with E-state index >= 15 is 0 Å². The molecule has 1 aliphatic rings. The van der Waals surface area contributed by atoms with Gasteiger partial charge in [0.2, 0.25) is 0 Å². The van der Waals surface area contributed by atoms with Crippen LogP contribution in [0.2, 0.25) is 0 Å². The van der Waals surface area contributed by atoms with Crippen LogP contribution in [0.1, 0.15) is 63.7 Å². The third-order valence-electron chi connectivity index (χ3n) is 4.94. The van der Waals surface area contributed by atoms with Crippen molar-refractivity contribution in [1.29, 1.82) is 0 Å². The monoisotopic (exact) mass is 285 g/mol. The van der Waals surface area contributed by atoms with Crippen LogP contribution in [-0.4, -0.2) is 5.54 Å². The van der Waals surface area contributed by atoms with E-state index in [2.05, 4.69) is 43.4 Å². The summed E-state index contributed by atoms with van der Waals surface area (Å²) in [5.41, 5.74) is 2.74. The molecule has 1 aliphatic carbocycles. The summed E-state index contributed by atoms with van der Waals surface area (Å²) >= 11 is 0. The molecule has 0 atom stereocenters. The van der Waals surface area contributed by atoms with Crippen LogP contribution in [0, 0.1) is 0 Å². The zero-order chi connectivity index (χ0) is 14.7. The molecular weight excluding hydrogens is 258 g/mol. The van der Waals surface area contributed by atoms with Gasteiger partial charge in [0.15, 0.2) is 0 Å². The molecule has 0 unspecified atom stereocenters. The van der Waals surface area contributed by atoms with Gasteiger partial charge in [0.1, 0.15) is 11.3 Å². The van der Waals surface area contributed by atoms with Crippen molar-refractivity contribution in [2.45, 2.75) is 70.9 Å². The van der Waals surface area contributed by atoms with Crippen LogP contribution in [0.25, 0.3) is 11.0 Å². The Kier molecular flexibility index (Phi) is 4.34. The topological polar surface area (TPSA) is 25.2 Å². The maximum Gasteiger partial charge on any atom is 0.134 e. The lowest BCUT2D eigenvalue weighted by Crippen LogP contribution is -2.38. The Balaban J connectivity index is 1.84. The molecular formula is C19H27NO. The van der Waals surface area contributed by atoms with Crippen LogP contribution >= 0.6 is 0 Å². The standard InChI is InChI=1S/C19H27NO/c1-3-4-10-18-16(14-20-19(2)12-7-8-13-19)15-9-5-6-11-17(15)21-18/h5-6,9,11,20H,3-4,7-8,10,12-14H2,1-2H3. The van der Waals surface area contributed by atoms with E-state index in [4.69, 9.17) is 4.42 Å². The Morgan fingerprint density at radius 2 is 1.95 bits per heavy atom. The van der Waals surface area contributed by atoms with E-state index in [9.17, 15) is 0 Å². The lowest BCUT2D eigenvalue weighted by atomic mass is 9.99. The number of para-hydroxylation sites is 1. The highest BCUT2D eigenvalue weighted by atomic mass is 16.3. The van der Waals surface area contributed by atoms with E-state index in [1.54, 1.807) is 0 Å². The molecule has 21 heavy (non-hydrogen) atoms. The number of fused-ring (bicyclic) bond motifs is 1. The van der Waals surface area contributed by atoms with E-state index in [-0.39, 0.29) is 0 Å². The third-order valence-corrected chi connectivity index (χ3v) is 4.94. The Hall–Kier alpha value is -1.28. The van der Waals surface area contributed by atoms with E-state index < -0.39 is 0 Å². The van der Waals surface area contributed by atoms with Crippen LogP contribution in [0.15, 0.2) is 28.7 Å². The smallest absolute Gasteiger partial charge is 0.134 e. The van der Waals surface area contributed by atoms with Crippen LogP contribution in [0.3, 0.4) is 0 Å². The summed E-state index contributed by atoms with van der Waals surface area (Å²) in [7, 11) is 0. The number of rotatable bonds is 6. The Morgan fingerprint density at radius 1 is 1.19 bits per heavy atom. The largest absolute Gasteiger partial charge is 0.461 e. The van der Waals surface area contributed by atoms with Gasteiger partial charge in [-0.15, -0.1) is 0 Å². The van der Waals surface area contributed by atoms with Gasteiger partial charge in [0, 0.05) is 29.5 Å². The Bertz CT molecular complexity index is 593. The fraction of sp³-hybridized carbons (Fsp3) is 0.579. The molecule has 0 spiro atoms. The first-order valence-corrected chi connectivity index (χ1v) is 8.46. The van der Waals surface area contributed by atoms with Crippen LogP contribution in [0.4, 0.5) is 0 Å². The quantitative estimate of drug-likeness (QED) is 0.789. The van der Waals surface area contributed by atoms with Gasteiger partial charge in [-0.2, -0.15) is 0 Å². The van der Waals surface area contributed by atoms with Gasteiger partial charge >= 0.3 is 0 Å². The van der Waals surface area contributed by atoms with Crippen molar-refractivity contribution < 1.29 is 4.42 Å². The number of furan rings is 1. The molecule has 114 valence electrons. The minimum atomic E-state index is 0.320. The second kappa shape index (κ2) is 6.23. The van der Waals surface area contributed by atoms with Gasteiger partial charge in [0.25, 0.3) is 0 Å². The first-order chi connectivity index (χ1) is 10.2. The molecule has 3 rings (SSSR count). The van der Waals surface area contributed by atoms with Crippen molar-refractivity contribution in [2.24, 2.45) is 0 Å². The summed E-state index contributed by atoms with van der Waals surface area (Å²) in [6, 6.07) is 8.46. The SMILES string of the molecule is CCCCc1oc2ccccc2c1CNC1(C)CCCC1. The second-order valence-corrected chi connectivity index (χ2v) is 6.72. The van der Waals surface area contributed by atoms with Crippen molar-refractivity contribution in [1.82, 2.24) is 5.32 Å². The normalized spacial score (nSPS) is 17.6. The summed E-state index contributed by atoms with van der Waals surface area (Å²) in [4.78, 5) is 0. The zero-order valence-electron chi connectivity index (χ0n) is 13.4. The number of unbranched alkanes of at least 4 members (excludes halogenated alkanes) is 1. The minimum absolute atomic E-state index is 0.320. The zero-order valence-corrected chi connectivity index (χ0v) is 13.4. The molecule has 1 saturated carbocycles. The fourth-order valence-corrected chi connectivity index (χ4v) is 3.52. The highest BCUT2D eigenvalue weighted by molar-refractivity contribution is 5.82. The molecule has 1 fully saturated rings. The maximum absolute atomic E-state index is 6.11. The van der Waals surface area contributed by atoms with Crippen molar-refractivity contribution >= 4 is 11.0 Å². The van der Waals surface area contributed by atoms with Crippen molar-refractivity contribution in [3.8, 4) is 0 Å². The molecule has 1 aromatic carbocycles. The summed E-state index contributed by atoms with van der Waals surface area (Å²) in [6.07, 6.45) is 8.78. The van der Waals surface area contributed by atoms with Crippen molar-refractivity contribution in [3.63, 3.8) is 0 Å². The van der Waals surface area contributed by atoms with E-state index in [0.717, 1.165) is 18.5 Å². The first kappa shape index (κ1) is 14.6. The molecule has 2 aromatic rings. The molecule has 0 aliphatic heterocycles. The summed E-state index contributed by atoms with van der Waals surface area (Å²) in [5.74, 6) is 1.19. The number of benzene rings is 1. The highest BCUT2D eigenvalue weighted by Gasteiger charge is 2.28. The van der Waals surface area contributed by atoms with Crippen molar-refractivity contribution in [3.05, 3.63) is 35.6 Å². The van der Waals surface area contributed by atoms with Gasteiger partial charge in [-0.05, 0) is 32.3 Å². The summed E-state index contributed by atoms with van der Waals surface area (Å²) < 4.78 is 6.11. The summed E-state index contributed by atoms with van der Waals surface area (Å²) in [5, 5.41) is 5.10. The molecule has 0 radical (unpaired) electrons. The van der Waals surface area contributed by atoms with Crippen LogP contribution < -0.4 is 5.32 Å². The van der Waals surface area contributed by atoms with E-state index in [1.807, 2.05) is 0 Å². The first-order valence-electron chi connectivity index (χ1n) is 8.46. The van der Waals surface area contributed by atoms with E-state index in [0.29, 0.717) is 5.54 Å². The average Bonchev–Trinajstić information content (AvgIpc) is 3.07. The third kappa shape index (κ3) is 3.16. The second-order valence-electron chi connectivity index (χ2n) is 6.72. The van der Waals surface area contributed by atoms with Crippen LogP contribution in [0.5, 0.6) is 0 Å². The highest BCUT2D eigenvalue weighted by Crippen LogP contribution is 2.31. The van der Waals surface area contributed by atoms with Crippen molar-refractivity contribution in [2.75, 3.05) is 0 Å². The molecule has 2 heteroatoms. The number of hydrogen-bond acceptors (Lipinski definition) is 2. The molecule has 0 amide bonds. The summed E-state index contributed by atoms with van der Waals surface area (Å²) in [6.45, 7) is 5.54. The van der Waals surface area contributed by atoms with Gasteiger partial charge in [-0.3, -0.25) is 0 Å². The molecule has 1 N–H and O–H groups in total. The Morgan fingerprint density at radius 3 is 2.71 bits per heavy atom. The number of aryl methyl sites for hydroxylation is 1. The number of hydrogen-bond donors (Lipinski definition) is 1.